The summed E-state index contributed by atoms with van der Waals surface area (Å²) in [6, 6.07) is 5.74. The SMILES string of the molecule is CC(C)(CCO)NCc1cc(Cl)ccc1Br. The molecule has 0 bridgehead atoms. The van der Waals surface area contributed by atoms with E-state index in [9.17, 15) is 0 Å². The van der Waals surface area contributed by atoms with Crippen LogP contribution in [0, 0.1) is 0 Å². The van der Waals surface area contributed by atoms with E-state index in [0.717, 1.165) is 28.0 Å². The Morgan fingerprint density at radius 1 is 1.44 bits per heavy atom. The van der Waals surface area contributed by atoms with Gasteiger partial charge in [-0.3, -0.25) is 0 Å². The molecule has 2 nitrogen and oxygen atoms in total. The molecule has 0 fully saturated rings. The largest absolute Gasteiger partial charge is 0.396 e. The fraction of sp³-hybridized carbons (Fsp3) is 0.500. The zero-order chi connectivity index (χ0) is 12.2. The molecule has 0 saturated carbocycles. The number of halogens is 2. The maximum absolute atomic E-state index is 8.93. The highest BCUT2D eigenvalue weighted by molar-refractivity contribution is 9.10. The highest BCUT2D eigenvalue weighted by Gasteiger charge is 2.16. The number of aliphatic hydroxyl groups is 1. The number of aliphatic hydroxyl groups excluding tert-OH is 1. The van der Waals surface area contributed by atoms with Gasteiger partial charge in [-0.05, 0) is 44.0 Å². The van der Waals surface area contributed by atoms with E-state index >= 15 is 0 Å². The van der Waals surface area contributed by atoms with Gasteiger partial charge >= 0.3 is 0 Å². The van der Waals surface area contributed by atoms with Gasteiger partial charge in [-0.2, -0.15) is 0 Å². The lowest BCUT2D eigenvalue weighted by Gasteiger charge is -2.25. The molecule has 0 radical (unpaired) electrons. The Hall–Kier alpha value is -0.0900. The molecule has 0 saturated heterocycles. The molecule has 0 unspecified atom stereocenters. The maximum atomic E-state index is 8.93. The first-order chi connectivity index (χ1) is 7.44. The lowest BCUT2D eigenvalue weighted by atomic mass is 10.0. The summed E-state index contributed by atoms with van der Waals surface area (Å²) in [5.41, 5.74) is 1.05. The van der Waals surface area contributed by atoms with Crippen LogP contribution in [0.3, 0.4) is 0 Å². The summed E-state index contributed by atoms with van der Waals surface area (Å²) < 4.78 is 1.05. The number of hydrogen-bond acceptors (Lipinski definition) is 2. The van der Waals surface area contributed by atoms with Crippen LogP contribution < -0.4 is 5.32 Å². The minimum atomic E-state index is -0.0729. The minimum absolute atomic E-state index is 0.0729. The predicted molar refractivity (Wildman–Crippen MR) is 71.8 cm³/mol. The molecule has 2 N–H and O–H groups in total. The molecule has 4 heteroatoms. The molecule has 90 valence electrons. The van der Waals surface area contributed by atoms with E-state index in [0.29, 0.717) is 0 Å². The Morgan fingerprint density at radius 2 is 2.12 bits per heavy atom. The Bertz CT molecular complexity index is 355. The fourth-order valence-corrected chi connectivity index (χ4v) is 1.96. The van der Waals surface area contributed by atoms with Gasteiger partial charge in [0.05, 0.1) is 0 Å². The van der Waals surface area contributed by atoms with Gasteiger partial charge in [0.1, 0.15) is 0 Å². The molecule has 0 amide bonds. The summed E-state index contributed by atoms with van der Waals surface area (Å²) in [4.78, 5) is 0. The van der Waals surface area contributed by atoms with Crippen molar-refractivity contribution in [3.8, 4) is 0 Å². The Labute approximate surface area is 110 Å². The fourth-order valence-electron chi connectivity index (χ4n) is 1.38. The quantitative estimate of drug-likeness (QED) is 0.874. The molecule has 1 aromatic carbocycles. The average Bonchev–Trinajstić information content (AvgIpc) is 2.19. The van der Waals surface area contributed by atoms with Crippen molar-refractivity contribution in [2.45, 2.75) is 32.4 Å². The summed E-state index contributed by atoms with van der Waals surface area (Å²) in [5, 5.41) is 13.1. The molecule has 16 heavy (non-hydrogen) atoms. The molecule has 0 aliphatic heterocycles. The third-order valence-electron chi connectivity index (χ3n) is 2.50. The van der Waals surface area contributed by atoms with Gasteiger partial charge in [-0.1, -0.05) is 27.5 Å². The van der Waals surface area contributed by atoms with Gasteiger partial charge in [-0.15, -0.1) is 0 Å². The molecule has 0 atom stereocenters. The third-order valence-corrected chi connectivity index (χ3v) is 3.51. The van der Waals surface area contributed by atoms with Gasteiger partial charge in [0, 0.05) is 28.2 Å². The van der Waals surface area contributed by atoms with Crippen molar-refractivity contribution in [3.05, 3.63) is 33.3 Å². The first-order valence-corrected chi connectivity index (χ1v) is 6.41. The summed E-state index contributed by atoms with van der Waals surface area (Å²) in [5.74, 6) is 0. The van der Waals surface area contributed by atoms with E-state index in [-0.39, 0.29) is 12.1 Å². The van der Waals surface area contributed by atoms with Crippen molar-refractivity contribution < 1.29 is 5.11 Å². The topological polar surface area (TPSA) is 32.3 Å². The average molecular weight is 307 g/mol. The van der Waals surface area contributed by atoms with Gasteiger partial charge in [-0.25, -0.2) is 0 Å². The minimum Gasteiger partial charge on any atom is -0.396 e. The summed E-state index contributed by atoms with van der Waals surface area (Å²) in [6.07, 6.45) is 0.727. The Kier molecular flexibility index (Phi) is 5.25. The van der Waals surface area contributed by atoms with Gasteiger partial charge < -0.3 is 10.4 Å². The van der Waals surface area contributed by atoms with Crippen molar-refractivity contribution >= 4 is 27.5 Å². The second kappa shape index (κ2) is 6.01. The number of benzene rings is 1. The lowest BCUT2D eigenvalue weighted by molar-refractivity contribution is 0.230. The first kappa shape index (κ1) is 14.0. The normalized spacial score (nSPS) is 11.8. The molecule has 0 aliphatic carbocycles. The van der Waals surface area contributed by atoms with E-state index < -0.39 is 0 Å². The molecular formula is C12H17BrClNO. The highest BCUT2D eigenvalue weighted by Crippen LogP contribution is 2.22. The monoisotopic (exact) mass is 305 g/mol. The summed E-state index contributed by atoms with van der Waals surface area (Å²) in [7, 11) is 0. The van der Waals surface area contributed by atoms with Crippen LogP contribution in [-0.4, -0.2) is 17.3 Å². The second-order valence-electron chi connectivity index (χ2n) is 4.45. The van der Waals surface area contributed by atoms with E-state index in [1.165, 1.54) is 0 Å². The van der Waals surface area contributed by atoms with Crippen molar-refractivity contribution in [3.63, 3.8) is 0 Å². The number of hydrogen-bond donors (Lipinski definition) is 2. The first-order valence-electron chi connectivity index (χ1n) is 5.24. The van der Waals surface area contributed by atoms with Crippen LogP contribution in [0.4, 0.5) is 0 Å². The van der Waals surface area contributed by atoms with Crippen LogP contribution in [0.15, 0.2) is 22.7 Å². The highest BCUT2D eigenvalue weighted by atomic mass is 79.9. The standard InChI is InChI=1S/C12H17BrClNO/c1-12(2,5-6-16)15-8-9-7-10(14)3-4-11(9)13/h3-4,7,15-16H,5-6,8H2,1-2H3. The molecular weight excluding hydrogens is 289 g/mol. The molecule has 0 heterocycles. The van der Waals surface area contributed by atoms with Crippen molar-refractivity contribution in [1.82, 2.24) is 5.32 Å². The van der Waals surface area contributed by atoms with E-state index in [1.54, 1.807) is 0 Å². The van der Waals surface area contributed by atoms with E-state index in [2.05, 4.69) is 35.1 Å². The predicted octanol–water partition coefficient (Wildman–Crippen LogP) is 3.35. The number of nitrogens with one attached hydrogen (secondary N) is 1. The maximum Gasteiger partial charge on any atom is 0.0448 e. The second-order valence-corrected chi connectivity index (χ2v) is 5.74. The van der Waals surface area contributed by atoms with E-state index in [4.69, 9.17) is 16.7 Å². The van der Waals surface area contributed by atoms with Gasteiger partial charge in [0.2, 0.25) is 0 Å². The number of rotatable bonds is 5. The van der Waals surface area contributed by atoms with Crippen LogP contribution in [-0.2, 0) is 6.54 Å². The zero-order valence-electron chi connectivity index (χ0n) is 9.56. The Morgan fingerprint density at radius 3 is 2.75 bits per heavy atom. The molecule has 0 aliphatic rings. The Balaban J connectivity index is 2.63. The van der Waals surface area contributed by atoms with Gasteiger partial charge in [0.15, 0.2) is 0 Å². The third kappa shape index (κ3) is 4.42. The molecule has 1 rings (SSSR count). The van der Waals surface area contributed by atoms with Crippen molar-refractivity contribution in [2.24, 2.45) is 0 Å². The lowest BCUT2D eigenvalue weighted by Crippen LogP contribution is -2.39. The van der Waals surface area contributed by atoms with Crippen LogP contribution in [0.5, 0.6) is 0 Å². The van der Waals surface area contributed by atoms with Crippen LogP contribution >= 0.6 is 27.5 Å². The summed E-state index contributed by atoms with van der Waals surface area (Å²) in [6.45, 7) is 5.06. The van der Waals surface area contributed by atoms with Crippen LogP contribution in [0.25, 0.3) is 0 Å². The smallest absolute Gasteiger partial charge is 0.0448 e. The molecule has 0 spiro atoms. The van der Waals surface area contributed by atoms with Crippen molar-refractivity contribution in [2.75, 3.05) is 6.61 Å². The van der Waals surface area contributed by atoms with Crippen molar-refractivity contribution in [1.29, 1.82) is 0 Å². The van der Waals surface area contributed by atoms with Gasteiger partial charge in [0.25, 0.3) is 0 Å². The van der Waals surface area contributed by atoms with Crippen LogP contribution in [0.2, 0.25) is 5.02 Å². The molecule has 0 aromatic heterocycles. The van der Waals surface area contributed by atoms with Crippen LogP contribution in [0.1, 0.15) is 25.8 Å². The zero-order valence-corrected chi connectivity index (χ0v) is 11.9. The van der Waals surface area contributed by atoms with E-state index in [1.807, 2.05) is 18.2 Å². The molecule has 1 aromatic rings. The summed E-state index contributed by atoms with van der Waals surface area (Å²) >= 11 is 9.43.